The van der Waals surface area contributed by atoms with Gasteiger partial charge in [-0.05, 0) is 55.3 Å². The predicted molar refractivity (Wildman–Crippen MR) is 131 cm³/mol. The van der Waals surface area contributed by atoms with Gasteiger partial charge in [0, 0.05) is 26.2 Å². The lowest BCUT2D eigenvalue weighted by molar-refractivity contribution is 0.0329. The predicted octanol–water partition coefficient (Wildman–Crippen LogP) is 3.50. The van der Waals surface area contributed by atoms with E-state index in [1.54, 1.807) is 20.3 Å². The first-order valence-electron chi connectivity index (χ1n) is 12.1. The van der Waals surface area contributed by atoms with Crippen molar-refractivity contribution in [2.75, 3.05) is 60.3 Å². The molecule has 0 radical (unpaired) electrons. The monoisotopic (exact) mass is 480 g/mol. The summed E-state index contributed by atoms with van der Waals surface area (Å²) < 4.78 is 28.4. The number of hydrogen-bond acceptors (Lipinski definition) is 8. The third-order valence-electron chi connectivity index (χ3n) is 6.75. The Balaban J connectivity index is 1.33. The Hall–Kier alpha value is -3.07. The highest BCUT2D eigenvalue weighted by molar-refractivity contribution is 6.15. The highest BCUT2D eigenvalue weighted by atomic mass is 16.5. The van der Waals surface area contributed by atoms with Gasteiger partial charge >= 0.3 is 0 Å². The minimum absolute atomic E-state index is 0.112. The summed E-state index contributed by atoms with van der Waals surface area (Å²) in [6.45, 7) is 8.75. The number of fused-ring (bicyclic) bond motifs is 3. The van der Waals surface area contributed by atoms with Crippen LogP contribution in [0.5, 0.6) is 23.0 Å². The second-order valence-electron chi connectivity index (χ2n) is 9.06. The fraction of sp³-hybridized carbons (Fsp3) is 0.444. The minimum atomic E-state index is -0.112. The molecule has 0 N–H and O–H groups in total. The first kappa shape index (κ1) is 23.7. The SMILES string of the molecule is COc1ccc(/C=C2\Oc3c4c(cc(C)c3C2=O)OCN(CCCN2CCOCC2)C4)cc1OC. The topological polar surface area (TPSA) is 69.7 Å². The third kappa shape index (κ3) is 4.87. The van der Waals surface area contributed by atoms with Gasteiger partial charge in [-0.25, -0.2) is 0 Å². The smallest absolute Gasteiger partial charge is 0.232 e. The van der Waals surface area contributed by atoms with E-state index in [1.165, 1.54) is 0 Å². The van der Waals surface area contributed by atoms with E-state index >= 15 is 0 Å². The fourth-order valence-electron chi connectivity index (χ4n) is 4.86. The second-order valence-corrected chi connectivity index (χ2v) is 9.06. The van der Waals surface area contributed by atoms with Gasteiger partial charge in [0.25, 0.3) is 0 Å². The number of carbonyl (C=O) groups is 1. The van der Waals surface area contributed by atoms with Gasteiger partial charge in [-0.1, -0.05) is 6.07 Å². The van der Waals surface area contributed by atoms with Crippen molar-refractivity contribution in [2.45, 2.75) is 19.9 Å². The molecule has 1 fully saturated rings. The van der Waals surface area contributed by atoms with Crippen LogP contribution in [0.3, 0.4) is 0 Å². The molecule has 0 spiro atoms. The average Bonchev–Trinajstić information content (AvgIpc) is 3.21. The van der Waals surface area contributed by atoms with E-state index in [4.69, 9.17) is 23.7 Å². The van der Waals surface area contributed by atoms with Gasteiger partial charge in [0.1, 0.15) is 18.2 Å². The van der Waals surface area contributed by atoms with Crippen LogP contribution in [0.1, 0.15) is 33.5 Å². The first-order chi connectivity index (χ1) is 17.1. The maximum absolute atomic E-state index is 13.3. The molecular weight excluding hydrogens is 448 g/mol. The van der Waals surface area contributed by atoms with Crippen LogP contribution in [0.2, 0.25) is 0 Å². The lowest BCUT2D eigenvalue weighted by Crippen LogP contribution is -2.39. The van der Waals surface area contributed by atoms with E-state index < -0.39 is 0 Å². The zero-order valence-corrected chi connectivity index (χ0v) is 20.6. The summed E-state index contributed by atoms with van der Waals surface area (Å²) in [6.07, 6.45) is 2.80. The summed E-state index contributed by atoms with van der Waals surface area (Å²) in [7, 11) is 3.18. The summed E-state index contributed by atoms with van der Waals surface area (Å²) in [5.74, 6) is 2.83. The number of rotatable bonds is 7. The van der Waals surface area contributed by atoms with Gasteiger partial charge in [0.05, 0.1) is 38.6 Å². The van der Waals surface area contributed by atoms with Crippen molar-refractivity contribution in [3.63, 3.8) is 0 Å². The van der Waals surface area contributed by atoms with E-state index in [9.17, 15) is 4.79 Å². The molecule has 186 valence electrons. The fourth-order valence-corrected chi connectivity index (χ4v) is 4.86. The number of aryl methyl sites for hydroxylation is 1. The number of nitrogens with zero attached hydrogens (tertiary/aromatic N) is 2. The van der Waals surface area contributed by atoms with Crippen molar-refractivity contribution >= 4 is 11.9 Å². The Morgan fingerprint density at radius 1 is 1.03 bits per heavy atom. The van der Waals surface area contributed by atoms with Crippen molar-refractivity contribution in [3.05, 3.63) is 52.3 Å². The number of carbonyl (C=O) groups excluding carboxylic acids is 1. The molecule has 2 aromatic carbocycles. The molecular formula is C27H32N2O6. The number of methoxy groups -OCH3 is 2. The standard InChI is InChI=1S/C27H32N2O6/c1-18-13-22-20(16-29(17-34-22)8-4-7-28-9-11-33-12-10-28)27-25(18)26(30)24(35-27)15-19-5-6-21(31-2)23(14-19)32-3/h5-6,13-15H,4,7-12,16-17H2,1-3H3/b24-15-. The number of hydrogen-bond donors (Lipinski definition) is 0. The normalized spacial score (nSPS) is 19.2. The molecule has 3 aliphatic rings. The van der Waals surface area contributed by atoms with Crippen LogP contribution in [0.15, 0.2) is 30.0 Å². The van der Waals surface area contributed by atoms with Crippen molar-refractivity contribution < 1.29 is 28.5 Å². The number of allylic oxidation sites excluding steroid dienone is 1. The van der Waals surface area contributed by atoms with Crippen LogP contribution in [-0.4, -0.2) is 75.9 Å². The molecule has 2 aromatic rings. The van der Waals surface area contributed by atoms with E-state index in [1.807, 2.05) is 31.2 Å². The van der Waals surface area contributed by atoms with E-state index in [-0.39, 0.29) is 5.78 Å². The Morgan fingerprint density at radius 2 is 1.80 bits per heavy atom. The Kier molecular flexibility index (Phi) is 6.95. The summed E-state index contributed by atoms with van der Waals surface area (Å²) in [6, 6.07) is 7.47. The number of benzene rings is 2. The lowest BCUT2D eigenvalue weighted by Gasteiger charge is -2.31. The van der Waals surface area contributed by atoms with Crippen molar-refractivity contribution in [3.8, 4) is 23.0 Å². The molecule has 8 nitrogen and oxygen atoms in total. The van der Waals surface area contributed by atoms with Crippen LogP contribution < -0.4 is 18.9 Å². The summed E-state index contributed by atoms with van der Waals surface area (Å²) in [4.78, 5) is 18.0. The Labute approximate surface area is 206 Å². The molecule has 8 heteroatoms. The van der Waals surface area contributed by atoms with Crippen LogP contribution in [0, 0.1) is 6.92 Å². The van der Waals surface area contributed by atoms with Gasteiger partial charge < -0.3 is 23.7 Å². The number of morpholine rings is 1. The average molecular weight is 481 g/mol. The van der Waals surface area contributed by atoms with Crippen LogP contribution in [0.25, 0.3) is 6.08 Å². The van der Waals surface area contributed by atoms with Gasteiger partial charge in [0.15, 0.2) is 17.3 Å². The maximum Gasteiger partial charge on any atom is 0.232 e. The second kappa shape index (κ2) is 10.3. The summed E-state index contributed by atoms with van der Waals surface area (Å²) in [5, 5.41) is 0. The number of Topliss-reactive ketones (excluding diaryl/α,β-unsaturated/α-hetero) is 1. The summed E-state index contributed by atoms with van der Waals surface area (Å²) >= 11 is 0. The Bertz CT molecular complexity index is 1140. The number of ether oxygens (including phenoxy) is 5. The van der Waals surface area contributed by atoms with Crippen molar-refractivity contribution in [2.24, 2.45) is 0 Å². The largest absolute Gasteiger partial charge is 0.493 e. The molecule has 35 heavy (non-hydrogen) atoms. The highest BCUT2D eigenvalue weighted by Crippen LogP contribution is 2.44. The molecule has 1 saturated heterocycles. The lowest BCUT2D eigenvalue weighted by atomic mass is 9.98. The Morgan fingerprint density at radius 3 is 2.57 bits per heavy atom. The van der Waals surface area contributed by atoms with Gasteiger partial charge in [-0.2, -0.15) is 0 Å². The van der Waals surface area contributed by atoms with E-state index in [2.05, 4.69) is 9.80 Å². The van der Waals surface area contributed by atoms with Crippen LogP contribution >= 0.6 is 0 Å². The zero-order chi connectivity index (χ0) is 24.4. The van der Waals surface area contributed by atoms with Crippen molar-refractivity contribution in [1.82, 2.24) is 9.80 Å². The van der Waals surface area contributed by atoms with Gasteiger partial charge in [-0.3, -0.25) is 14.6 Å². The van der Waals surface area contributed by atoms with Gasteiger partial charge in [-0.15, -0.1) is 0 Å². The molecule has 0 saturated carbocycles. The van der Waals surface area contributed by atoms with E-state index in [0.29, 0.717) is 41.8 Å². The molecule has 3 heterocycles. The minimum Gasteiger partial charge on any atom is -0.493 e. The molecule has 0 atom stereocenters. The molecule has 0 aliphatic carbocycles. The molecule has 0 bridgehead atoms. The molecule has 0 amide bonds. The first-order valence-corrected chi connectivity index (χ1v) is 12.1. The molecule has 3 aliphatic heterocycles. The summed E-state index contributed by atoms with van der Waals surface area (Å²) in [5.41, 5.74) is 3.22. The molecule has 0 unspecified atom stereocenters. The van der Waals surface area contributed by atoms with Crippen molar-refractivity contribution in [1.29, 1.82) is 0 Å². The zero-order valence-electron chi connectivity index (χ0n) is 20.6. The van der Waals surface area contributed by atoms with E-state index in [0.717, 1.165) is 68.3 Å². The third-order valence-corrected chi connectivity index (χ3v) is 6.75. The van der Waals surface area contributed by atoms with Gasteiger partial charge in [0.2, 0.25) is 5.78 Å². The highest BCUT2D eigenvalue weighted by Gasteiger charge is 2.35. The maximum atomic E-state index is 13.3. The van der Waals surface area contributed by atoms with Crippen LogP contribution in [0.4, 0.5) is 0 Å². The van der Waals surface area contributed by atoms with Crippen LogP contribution in [-0.2, 0) is 11.3 Å². The quantitative estimate of drug-likeness (QED) is 0.558. The molecule has 0 aromatic heterocycles. The number of ketones is 1. The molecule has 5 rings (SSSR count).